The molecule has 2 aliphatic rings. The summed E-state index contributed by atoms with van der Waals surface area (Å²) in [5, 5.41) is 3.26. The summed E-state index contributed by atoms with van der Waals surface area (Å²) in [5.74, 6) is 1.76. The van der Waals surface area contributed by atoms with Crippen molar-refractivity contribution < 1.29 is 22.7 Å². The van der Waals surface area contributed by atoms with Crippen LogP contribution in [0.1, 0.15) is 38.8 Å². The fourth-order valence-corrected chi connectivity index (χ4v) is 4.92. The number of likely N-dealkylation sites (tertiary alicyclic amines) is 1. The number of carbonyl (C=O) groups is 1. The molecule has 0 aromatic carbocycles. The molecule has 11 nitrogen and oxygen atoms in total. The van der Waals surface area contributed by atoms with Gasteiger partial charge in [0, 0.05) is 31.9 Å². The number of aromatic nitrogens is 3. The highest BCUT2D eigenvalue weighted by molar-refractivity contribution is 7.90. The third-order valence-corrected chi connectivity index (χ3v) is 7.03. The minimum absolute atomic E-state index is 0.0214. The van der Waals surface area contributed by atoms with Gasteiger partial charge < -0.3 is 24.6 Å². The Morgan fingerprint density at radius 3 is 2.60 bits per heavy atom. The van der Waals surface area contributed by atoms with Crippen molar-refractivity contribution in [3.63, 3.8) is 0 Å². The van der Waals surface area contributed by atoms with Gasteiger partial charge in [-0.05, 0) is 52.2 Å². The number of nitrogens with one attached hydrogen (secondary N) is 1. The Morgan fingerprint density at radius 2 is 1.94 bits per heavy atom. The molecule has 0 saturated carbocycles. The summed E-state index contributed by atoms with van der Waals surface area (Å²) in [6.07, 6.45) is 4.65. The van der Waals surface area contributed by atoms with E-state index in [4.69, 9.17) is 9.47 Å². The van der Waals surface area contributed by atoms with Crippen LogP contribution in [0, 0.1) is 6.92 Å². The Bertz CT molecular complexity index is 1180. The van der Waals surface area contributed by atoms with Crippen LogP contribution < -0.4 is 15.0 Å². The Kier molecular flexibility index (Phi) is 7.29. The number of ether oxygens (including phenoxy) is 2. The van der Waals surface area contributed by atoms with E-state index in [2.05, 4.69) is 25.2 Å². The highest BCUT2D eigenvalue weighted by Crippen LogP contribution is 2.38. The van der Waals surface area contributed by atoms with Gasteiger partial charge in [0.15, 0.2) is 26.5 Å². The van der Waals surface area contributed by atoms with Gasteiger partial charge in [-0.25, -0.2) is 28.2 Å². The van der Waals surface area contributed by atoms with Crippen molar-refractivity contribution in [1.29, 1.82) is 0 Å². The van der Waals surface area contributed by atoms with Crippen molar-refractivity contribution in [2.45, 2.75) is 57.2 Å². The first kappa shape index (κ1) is 25.0. The maximum absolute atomic E-state index is 12.3. The number of carbonyl (C=O) groups excluding carboxylic acids is 1. The van der Waals surface area contributed by atoms with Crippen LogP contribution in [-0.4, -0.2) is 79.0 Å². The molecule has 4 heterocycles. The number of fused-ring (bicyclic) bond motifs is 1. The Morgan fingerprint density at radius 1 is 1.20 bits per heavy atom. The van der Waals surface area contributed by atoms with Crippen molar-refractivity contribution in [3.05, 3.63) is 24.2 Å². The number of sulfone groups is 1. The predicted octanol–water partition coefficient (Wildman–Crippen LogP) is 2.93. The van der Waals surface area contributed by atoms with E-state index in [-0.39, 0.29) is 23.3 Å². The SMILES string of the molecule is Cc1nc(S(C)(=O)=O)ccc1Nc1ncnc2c1OCCCN2C1CCN(C(=O)OC(C)C)CC1. The topological polar surface area (TPSA) is 127 Å². The monoisotopic (exact) mass is 504 g/mol. The summed E-state index contributed by atoms with van der Waals surface area (Å²) >= 11 is 0. The zero-order valence-electron chi connectivity index (χ0n) is 20.5. The largest absolute Gasteiger partial charge is 0.486 e. The van der Waals surface area contributed by atoms with E-state index in [1.54, 1.807) is 17.9 Å². The van der Waals surface area contributed by atoms with Gasteiger partial charge in [0.1, 0.15) is 6.33 Å². The molecule has 35 heavy (non-hydrogen) atoms. The fraction of sp³-hybridized carbons (Fsp3) is 0.565. The number of anilines is 3. The lowest BCUT2D eigenvalue weighted by atomic mass is 10.0. The standard InChI is InChI=1S/C23H32N6O5S/c1-15(2)34-23(30)28-11-8-17(9-12-28)29-10-5-13-33-20-21(24-14-25-22(20)29)27-18-6-7-19(26-16(18)3)35(4,31)32/h6-7,14-15,17H,5,8-13H2,1-4H3,(H,24,25,27). The second-order valence-electron chi connectivity index (χ2n) is 9.10. The van der Waals surface area contributed by atoms with Crippen molar-refractivity contribution in [3.8, 4) is 5.75 Å². The van der Waals surface area contributed by atoms with Crippen LogP contribution >= 0.6 is 0 Å². The van der Waals surface area contributed by atoms with Crippen molar-refractivity contribution in [2.75, 3.05) is 42.7 Å². The van der Waals surface area contributed by atoms with Crippen LogP contribution in [0.4, 0.5) is 22.1 Å². The summed E-state index contributed by atoms with van der Waals surface area (Å²) in [7, 11) is -3.40. The molecule has 0 aliphatic carbocycles. The molecule has 1 fully saturated rings. The smallest absolute Gasteiger partial charge is 0.410 e. The van der Waals surface area contributed by atoms with Gasteiger partial charge in [-0.2, -0.15) is 0 Å². The molecule has 1 saturated heterocycles. The van der Waals surface area contributed by atoms with Crippen molar-refractivity contribution in [1.82, 2.24) is 19.9 Å². The lowest BCUT2D eigenvalue weighted by molar-refractivity contribution is 0.0690. The molecule has 4 rings (SSSR count). The molecule has 1 N–H and O–H groups in total. The van der Waals surface area contributed by atoms with E-state index in [1.807, 2.05) is 13.8 Å². The molecule has 190 valence electrons. The number of aryl methyl sites for hydroxylation is 1. The zero-order valence-corrected chi connectivity index (χ0v) is 21.3. The molecular formula is C23H32N6O5S. The lowest BCUT2D eigenvalue weighted by Gasteiger charge is -2.38. The van der Waals surface area contributed by atoms with Gasteiger partial charge in [-0.15, -0.1) is 0 Å². The van der Waals surface area contributed by atoms with Gasteiger partial charge in [-0.1, -0.05) is 0 Å². The molecule has 12 heteroatoms. The highest BCUT2D eigenvalue weighted by Gasteiger charge is 2.32. The van der Waals surface area contributed by atoms with Gasteiger partial charge in [0.05, 0.1) is 24.1 Å². The van der Waals surface area contributed by atoms with Crippen molar-refractivity contribution in [2.24, 2.45) is 0 Å². The number of piperidine rings is 1. The summed E-state index contributed by atoms with van der Waals surface area (Å²) in [6, 6.07) is 3.35. The maximum Gasteiger partial charge on any atom is 0.410 e. The lowest BCUT2D eigenvalue weighted by Crippen LogP contribution is -2.47. The third kappa shape index (κ3) is 5.75. The normalized spacial score (nSPS) is 16.9. The zero-order chi connectivity index (χ0) is 25.2. The number of hydrogen-bond acceptors (Lipinski definition) is 10. The summed E-state index contributed by atoms with van der Waals surface area (Å²) in [6.45, 7) is 7.99. The van der Waals surface area contributed by atoms with E-state index >= 15 is 0 Å². The molecule has 0 atom stereocenters. The molecule has 0 unspecified atom stereocenters. The second kappa shape index (κ2) is 10.2. The van der Waals surface area contributed by atoms with Crippen LogP contribution in [0.2, 0.25) is 0 Å². The van der Waals surface area contributed by atoms with E-state index in [0.717, 1.165) is 32.1 Å². The average molecular weight is 505 g/mol. The van der Waals surface area contributed by atoms with Gasteiger partial charge in [0.25, 0.3) is 0 Å². The molecule has 1 amide bonds. The molecule has 2 aromatic rings. The Hall–Kier alpha value is -3.15. The van der Waals surface area contributed by atoms with E-state index in [0.29, 0.717) is 48.5 Å². The number of rotatable bonds is 5. The quantitative estimate of drug-likeness (QED) is 0.649. The predicted molar refractivity (Wildman–Crippen MR) is 131 cm³/mol. The Labute approximate surface area is 205 Å². The van der Waals surface area contributed by atoms with Gasteiger partial charge in [0.2, 0.25) is 5.75 Å². The van der Waals surface area contributed by atoms with Crippen LogP contribution in [0.25, 0.3) is 0 Å². The molecule has 0 spiro atoms. The number of amides is 1. The molecule has 0 bridgehead atoms. The highest BCUT2D eigenvalue weighted by atomic mass is 32.2. The molecule has 2 aromatic heterocycles. The average Bonchev–Trinajstić information content (AvgIpc) is 3.02. The minimum atomic E-state index is -3.40. The summed E-state index contributed by atoms with van der Waals surface area (Å²) in [4.78, 5) is 29.4. The fourth-order valence-electron chi connectivity index (χ4n) is 4.30. The molecule has 0 radical (unpaired) electrons. The number of nitrogens with zero attached hydrogens (tertiary/aromatic N) is 5. The first-order valence-corrected chi connectivity index (χ1v) is 13.7. The first-order chi connectivity index (χ1) is 16.6. The minimum Gasteiger partial charge on any atom is -0.486 e. The van der Waals surface area contributed by atoms with Gasteiger partial charge >= 0.3 is 6.09 Å². The van der Waals surface area contributed by atoms with Crippen LogP contribution in [0.3, 0.4) is 0 Å². The number of hydrogen-bond donors (Lipinski definition) is 1. The molecular weight excluding hydrogens is 472 g/mol. The van der Waals surface area contributed by atoms with Crippen molar-refractivity contribution >= 4 is 33.3 Å². The second-order valence-corrected chi connectivity index (χ2v) is 11.1. The van der Waals surface area contributed by atoms with Gasteiger partial charge in [-0.3, -0.25) is 0 Å². The number of pyridine rings is 1. The summed E-state index contributed by atoms with van der Waals surface area (Å²) < 4.78 is 35.0. The van der Waals surface area contributed by atoms with E-state index < -0.39 is 9.84 Å². The van der Waals surface area contributed by atoms with Crippen LogP contribution in [0.15, 0.2) is 23.5 Å². The maximum atomic E-state index is 12.3. The first-order valence-electron chi connectivity index (χ1n) is 11.8. The van der Waals surface area contributed by atoms with E-state index in [1.165, 1.54) is 12.4 Å². The molecule has 2 aliphatic heterocycles. The van der Waals surface area contributed by atoms with Crippen LogP contribution in [0.5, 0.6) is 5.75 Å². The van der Waals surface area contributed by atoms with Crippen LogP contribution in [-0.2, 0) is 14.6 Å². The third-order valence-electron chi connectivity index (χ3n) is 6.04. The summed E-state index contributed by atoms with van der Waals surface area (Å²) in [5.41, 5.74) is 1.17. The Balaban J connectivity index is 1.54. The van der Waals surface area contributed by atoms with E-state index in [9.17, 15) is 13.2 Å².